The first kappa shape index (κ1) is 21.5. The zero-order valence-corrected chi connectivity index (χ0v) is 17.9. The highest BCUT2D eigenvalue weighted by molar-refractivity contribution is 6.62. The Bertz CT molecular complexity index is 1150. The number of alkyl halides is 2. The van der Waals surface area contributed by atoms with E-state index >= 15 is 0 Å². The van der Waals surface area contributed by atoms with Crippen molar-refractivity contribution in [3.05, 3.63) is 65.1 Å². The number of hydrogen-bond acceptors (Lipinski definition) is 4. The standard InChI is InChI=1S/C23H24BF2NO4/c1-22(2)23(3,4)31-24(30-22)15-10-11-17-18(12-15)21(28)27(16-8-6-5-7-9-16)13-19(17)29-14-20(25)26/h5-13,20H,14H2,1-4H3. The quantitative estimate of drug-likeness (QED) is 0.579. The number of benzene rings is 2. The number of rotatable bonds is 5. The van der Waals surface area contributed by atoms with E-state index in [1.807, 2.05) is 33.8 Å². The fourth-order valence-corrected chi connectivity index (χ4v) is 3.50. The molecule has 0 unspecified atom stereocenters. The molecule has 0 amide bonds. The third kappa shape index (κ3) is 3.97. The van der Waals surface area contributed by atoms with Gasteiger partial charge in [-0.25, -0.2) is 8.78 Å². The van der Waals surface area contributed by atoms with Crippen LogP contribution < -0.4 is 15.8 Å². The number of ether oxygens (including phenoxy) is 1. The minimum absolute atomic E-state index is 0.208. The van der Waals surface area contributed by atoms with Crippen LogP contribution in [-0.4, -0.2) is 35.9 Å². The molecule has 1 saturated heterocycles. The number of nitrogens with zero attached hydrogens (tertiary/aromatic N) is 1. The van der Waals surface area contributed by atoms with Gasteiger partial charge in [0.15, 0.2) is 0 Å². The number of hydrogen-bond donors (Lipinski definition) is 0. The zero-order chi connectivity index (χ0) is 22.4. The molecule has 31 heavy (non-hydrogen) atoms. The maximum Gasteiger partial charge on any atom is 0.494 e. The molecule has 0 atom stereocenters. The van der Waals surface area contributed by atoms with Gasteiger partial charge in [-0.3, -0.25) is 9.36 Å². The summed E-state index contributed by atoms with van der Waals surface area (Å²) >= 11 is 0. The summed E-state index contributed by atoms with van der Waals surface area (Å²) in [5.41, 5.74) is -0.0618. The van der Waals surface area contributed by atoms with E-state index in [1.165, 1.54) is 10.8 Å². The first-order chi connectivity index (χ1) is 14.6. The molecule has 0 N–H and O–H groups in total. The molecule has 162 valence electrons. The number of halogens is 2. The molecule has 4 rings (SSSR count). The predicted octanol–water partition coefficient (Wildman–Crippen LogP) is 3.93. The van der Waals surface area contributed by atoms with E-state index in [9.17, 15) is 13.6 Å². The van der Waals surface area contributed by atoms with Crippen LogP contribution in [0, 0.1) is 0 Å². The van der Waals surface area contributed by atoms with Crippen LogP contribution in [-0.2, 0) is 9.31 Å². The van der Waals surface area contributed by atoms with Crippen molar-refractivity contribution in [1.29, 1.82) is 0 Å². The van der Waals surface area contributed by atoms with Crippen molar-refractivity contribution < 1.29 is 22.8 Å². The van der Waals surface area contributed by atoms with E-state index in [4.69, 9.17) is 14.0 Å². The van der Waals surface area contributed by atoms with Gasteiger partial charge < -0.3 is 14.0 Å². The fraction of sp³-hybridized carbons (Fsp3) is 0.348. The lowest BCUT2D eigenvalue weighted by molar-refractivity contribution is 0.00578. The SMILES string of the molecule is CC1(C)OB(c2ccc3c(OCC(F)F)cn(-c4ccccc4)c(=O)c3c2)OC1(C)C. The lowest BCUT2D eigenvalue weighted by Gasteiger charge is -2.32. The molecule has 2 heterocycles. The predicted molar refractivity (Wildman–Crippen MR) is 117 cm³/mol. The van der Waals surface area contributed by atoms with E-state index in [2.05, 4.69) is 0 Å². The normalized spacial score (nSPS) is 17.5. The van der Waals surface area contributed by atoms with Crippen molar-refractivity contribution in [2.24, 2.45) is 0 Å². The minimum Gasteiger partial charge on any atom is -0.485 e. The van der Waals surface area contributed by atoms with E-state index in [0.29, 0.717) is 21.9 Å². The third-order valence-corrected chi connectivity index (χ3v) is 5.93. The molecule has 2 aromatic carbocycles. The molecular weight excluding hydrogens is 403 g/mol. The van der Waals surface area contributed by atoms with Crippen molar-refractivity contribution in [2.45, 2.75) is 45.3 Å². The maximum absolute atomic E-state index is 13.3. The molecule has 8 heteroatoms. The second-order valence-corrected chi connectivity index (χ2v) is 8.60. The van der Waals surface area contributed by atoms with Crippen LogP contribution in [0.3, 0.4) is 0 Å². The van der Waals surface area contributed by atoms with Gasteiger partial charge in [-0.05, 0) is 51.4 Å². The van der Waals surface area contributed by atoms with Crippen molar-refractivity contribution in [3.8, 4) is 11.4 Å². The van der Waals surface area contributed by atoms with E-state index in [-0.39, 0.29) is 11.3 Å². The van der Waals surface area contributed by atoms with Crippen LogP contribution in [0.4, 0.5) is 8.78 Å². The summed E-state index contributed by atoms with van der Waals surface area (Å²) in [4.78, 5) is 13.3. The Morgan fingerprint density at radius 2 is 1.65 bits per heavy atom. The molecule has 0 spiro atoms. The van der Waals surface area contributed by atoms with Crippen molar-refractivity contribution in [1.82, 2.24) is 4.57 Å². The molecule has 1 fully saturated rings. The summed E-state index contributed by atoms with van der Waals surface area (Å²) in [5.74, 6) is 0.208. The van der Waals surface area contributed by atoms with Gasteiger partial charge in [0.25, 0.3) is 12.0 Å². The van der Waals surface area contributed by atoms with Crippen LogP contribution in [0.5, 0.6) is 5.75 Å². The van der Waals surface area contributed by atoms with Gasteiger partial charge in [0, 0.05) is 11.1 Å². The van der Waals surface area contributed by atoms with Gasteiger partial charge in [-0.2, -0.15) is 0 Å². The largest absolute Gasteiger partial charge is 0.494 e. The number of pyridine rings is 1. The van der Waals surface area contributed by atoms with Gasteiger partial charge in [0.2, 0.25) is 0 Å². The highest BCUT2D eigenvalue weighted by atomic mass is 19.3. The van der Waals surface area contributed by atoms with Crippen LogP contribution in [0.25, 0.3) is 16.5 Å². The Balaban J connectivity index is 1.86. The van der Waals surface area contributed by atoms with Gasteiger partial charge >= 0.3 is 7.12 Å². The average molecular weight is 427 g/mol. The first-order valence-corrected chi connectivity index (χ1v) is 10.1. The Kier molecular flexibility index (Phi) is 5.39. The van der Waals surface area contributed by atoms with Crippen LogP contribution in [0.1, 0.15) is 27.7 Å². The van der Waals surface area contributed by atoms with Gasteiger partial charge in [-0.15, -0.1) is 0 Å². The summed E-state index contributed by atoms with van der Waals surface area (Å²) in [6, 6.07) is 14.1. The summed E-state index contributed by atoms with van der Waals surface area (Å²) in [6.07, 6.45) is -1.17. The lowest BCUT2D eigenvalue weighted by atomic mass is 9.78. The third-order valence-electron chi connectivity index (χ3n) is 5.93. The number of para-hydroxylation sites is 1. The Morgan fingerprint density at radius 3 is 2.26 bits per heavy atom. The summed E-state index contributed by atoms with van der Waals surface area (Å²) in [6.45, 7) is 7.04. The molecule has 1 aliphatic rings. The molecule has 5 nitrogen and oxygen atoms in total. The van der Waals surface area contributed by atoms with E-state index < -0.39 is 31.4 Å². The Hall–Kier alpha value is -2.71. The molecule has 1 aliphatic heterocycles. The number of fused-ring (bicyclic) bond motifs is 1. The molecule has 3 aromatic rings. The maximum atomic E-state index is 13.3. The minimum atomic E-state index is -2.63. The highest BCUT2D eigenvalue weighted by Gasteiger charge is 2.51. The lowest BCUT2D eigenvalue weighted by Crippen LogP contribution is -2.41. The molecule has 1 aromatic heterocycles. The van der Waals surface area contributed by atoms with Gasteiger partial charge in [0.1, 0.15) is 12.4 Å². The summed E-state index contributed by atoms with van der Waals surface area (Å²) < 4.78 is 44.6. The second kappa shape index (κ2) is 7.77. The van der Waals surface area contributed by atoms with Crippen LogP contribution in [0.2, 0.25) is 0 Å². The smallest absolute Gasteiger partial charge is 0.485 e. The van der Waals surface area contributed by atoms with Crippen molar-refractivity contribution in [3.63, 3.8) is 0 Å². The summed E-state index contributed by atoms with van der Waals surface area (Å²) in [5, 5.41) is 0.793. The average Bonchev–Trinajstić information content (AvgIpc) is 2.95. The van der Waals surface area contributed by atoms with Crippen LogP contribution >= 0.6 is 0 Å². The second-order valence-electron chi connectivity index (χ2n) is 8.60. The monoisotopic (exact) mass is 427 g/mol. The Morgan fingerprint density at radius 1 is 1.00 bits per heavy atom. The number of aromatic nitrogens is 1. The van der Waals surface area contributed by atoms with Gasteiger partial charge in [0.05, 0.1) is 22.8 Å². The molecular formula is C23H24BF2NO4. The van der Waals surface area contributed by atoms with Crippen molar-refractivity contribution >= 4 is 23.4 Å². The molecule has 0 saturated carbocycles. The molecule has 0 radical (unpaired) electrons. The topological polar surface area (TPSA) is 49.7 Å². The van der Waals surface area contributed by atoms with Crippen molar-refractivity contribution in [2.75, 3.05) is 6.61 Å². The van der Waals surface area contributed by atoms with E-state index in [0.717, 1.165) is 0 Å². The molecule has 0 bridgehead atoms. The highest BCUT2D eigenvalue weighted by Crippen LogP contribution is 2.36. The molecule has 0 aliphatic carbocycles. The summed E-state index contributed by atoms with van der Waals surface area (Å²) in [7, 11) is -0.649. The van der Waals surface area contributed by atoms with Gasteiger partial charge in [-0.1, -0.05) is 30.3 Å². The Labute approximate surface area is 179 Å². The first-order valence-electron chi connectivity index (χ1n) is 10.1. The van der Waals surface area contributed by atoms with E-state index in [1.54, 1.807) is 42.5 Å². The fourth-order valence-electron chi connectivity index (χ4n) is 3.50. The van der Waals surface area contributed by atoms with Crippen LogP contribution in [0.15, 0.2) is 59.5 Å². The zero-order valence-electron chi connectivity index (χ0n) is 17.9.